The Kier molecular flexibility index (Phi) is 39.6. The molecule has 290 valence electrons. The monoisotopic (exact) mass is 699 g/mol. The number of carbonyl (C=O) groups excluding carboxylic acids is 1. The van der Waals surface area contributed by atoms with Crippen molar-refractivity contribution in [2.45, 2.75) is 232 Å². The summed E-state index contributed by atoms with van der Waals surface area (Å²) in [6.45, 7) is 4.51. The molecule has 0 aromatic rings. The quantitative estimate of drug-likeness (QED) is 0.0394. The molecule has 0 rings (SSSR count). The van der Waals surface area contributed by atoms with E-state index in [1.807, 2.05) is 0 Å². The van der Waals surface area contributed by atoms with Gasteiger partial charge in [-0.15, -0.1) is 0 Å². The van der Waals surface area contributed by atoms with Gasteiger partial charge < -0.3 is 9.84 Å². The van der Waals surface area contributed by atoms with E-state index >= 15 is 0 Å². The van der Waals surface area contributed by atoms with Crippen molar-refractivity contribution in [1.82, 2.24) is 0 Å². The smallest absolute Gasteiger partial charge is 0.306 e. The third-order valence-corrected chi connectivity index (χ3v) is 9.52. The molecule has 0 bridgehead atoms. The first-order chi connectivity index (χ1) is 24.6. The fraction of sp³-hybridized carbons (Fsp3) is 0.783. The lowest BCUT2D eigenvalue weighted by molar-refractivity contribution is -0.150. The molecule has 4 heteroatoms. The third kappa shape index (κ3) is 40.3. The summed E-state index contributed by atoms with van der Waals surface area (Å²) in [4.78, 5) is 23.4. The van der Waals surface area contributed by atoms with Gasteiger partial charge in [-0.25, -0.2) is 0 Å². The number of carboxylic acid groups (broad SMARTS) is 1. The Bertz CT molecular complexity index is 839. The van der Waals surface area contributed by atoms with Crippen LogP contribution in [0.4, 0.5) is 0 Å². The lowest BCUT2D eigenvalue weighted by Crippen LogP contribution is -2.18. The molecule has 0 aliphatic rings. The Morgan fingerprint density at radius 1 is 0.440 bits per heavy atom. The van der Waals surface area contributed by atoms with Crippen molar-refractivity contribution in [1.29, 1.82) is 0 Å². The summed E-state index contributed by atoms with van der Waals surface area (Å²) in [5.74, 6) is -0.732. The maximum Gasteiger partial charge on any atom is 0.306 e. The lowest BCUT2D eigenvalue weighted by Gasteiger charge is -2.18. The number of ether oxygens (including phenoxy) is 1. The Balaban J connectivity index is 3.99. The average molecular weight is 699 g/mol. The fourth-order valence-electron chi connectivity index (χ4n) is 6.31. The number of aliphatic carboxylic acids is 1. The molecule has 0 aromatic heterocycles. The molecule has 0 radical (unpaired) electrons. The van der Waals surface area contributed by atoms with Gasteiger partial charge in [0.05, 0.1) is 0 Å². The highest BCUT2D eigenvalue weighted by Crippen LogP contribution is 2.18. The van der Waals surface area contributed by atoms with Crippen molar-refractivity contribution in [2.75, 3.05) is 0 Å². The Morgan fingerprint density at radius 3 is 1.30 bits per heavy atom. The fourth-order valence-corrected chi connectivity index (χ4v) is 6.31. The number of hydrogen-bond donors (Lipinski definition) is 1. The standard InChI is InChI=1S/C46H82O4/c1-3-5-7-9-11-13-15-16-17-18-19-20-21-22-23-24-26-28-30-35-39-43-46(49)50-44(41-37-33-31-34-38-42-45(47)48)40-36-32-29-27-25-14-12-10-8-6-4-2/h12,14-16,18-19,27,29,44H,3-11,13,17,20-26,28,30-43H2,1-2H3,(H,47,48)/b14-12-,16-15-,19-18-,29-27-. The summed E-state index contributed by atoms with van der Waals surface area (Å²) in [6.07, 6.45) is 55.7. The van der Waals surface area contributed by atoms with Gasteiger partial charge in [-0.2, -0.15) is 0 Å². The van der Waals surface area contributed by atoms with E-state index in [1.54, 1.807) is 0 Å². The number of hydrogen-bond acceptors (Lipinski definition) is 3. The molecular formula is C46H82O4. The summed E-state index contributed by atoms with van der Waals surface area (Å²) in [5.41, 5.74) is 0. The van der Waals surface area contributed by atoms with Crippen LogP contribution in [0.5, 0.6) is 0 Å². The highest BCUT2D eigenvalue weighted by molar-refractivity contribution is 5.69. The van der Waals surface area contributed by atoms with Crippen molar-refractivity contribution < 1.29 is 19.4 Å². The van der Waals surface area contributed by atoms with Crippen LogP contribution >= 0.6 is 0 Å². The van der Waals surface area contributed by atoms with Crippen molar-refractivity contribution in [3.63, 3.8) is 0 Å². The summed E-state index contributed by atoms with van der Waals surface area (Å²) >= 11 is 0. The number of unbranched alkanes of at least 4 members (excludes halogenated alkanes) is 22. The molecule has 4 nitrogen and oxygen atoms in total. The van der Waals surface area contributed by atoms with Crippen LogP contribution in [0.1, 0.15) is 226 Å². The molecule has 0 fully saturated rings. The highest BCUT2D eigenvalue weighted by atomic mass is 16.5. The van der Waals surface area contributed by atoms with E-state index in [1.165, 1.54) is 116 Å². The van der Waals surface area contributed by atoms with Crippen LogP contribution in [0.2, 0.25) is 0 Å². The maximum atomic E-state index is 12.7. The van der Waals surface area contributed by atoms with Crippen LogP contribution in [-0.4, -0.2) is 23.1 Å². The molecule has 0 heterocycles. The molecule has 1 N–H and O–H groups in total. The zero-order valence-electron chi connectivity index (χ0n) is 33.2. The predicted octanol–water partition coefficient (Wildman–Crippen LogP) is 15.1. The normalized spacial score (nSPS) is 12.7. The van der Waals surface area contributed by atoms with E-state index in [4.69, 9.17) is 9.84 Å². The molecule has 0 saturated heterocycles. The molecule has 0 aliphatic heterocycles. The van der Waals surface area contributed by atoms with E-state index < -0.39 is 5.97 Å². The zero-order chi connectivity index (χ0) is 36.4. The Morgan fingerprint density at radius 2 is 0.800 bits per heavy atom. The first-order valence-electron chi connectivity index (χ1n) is 21.6. The van der Waals surface area contributed by atoms with Gasteiger partial charge in [0.1, 0.15) is 6.10 Å². The van der Waals surface area contributed by atoms with Crippen LogP contribution in [0.3, 0.4) is 0 Å². The van der Waals surface area contributed by atoms with Gasteiger partial charge in [0.25, 0.3) is 0 Å². The minimum Gasteiger partial charge on any atom is -0.481 e. The van der Waals surface area contributed by atoms with Gasteiger partial charge in [-0.05, 0) is 96.3 Å². The largest absolute Gasteiger partial charge is 0.481 e. The van der Waals surface area contributed by atoms with Crippen molar-refractivity contribution in [3.8, 4) is 0 Å². The number of allylic oxidation sites excluding steroid dienone is 8. The third-order valence-electron chi connectivity index (χ3n) is 9.52. The first kappa shape index (κ1) is 47.9. The summed E-state index contributed by atoms with van der Waals surface area (Å²) in [7, 11) is 0. The summed E-state index contributed by atoms with van der Waals surface area (Å²) < 4.78 is 5.99. The van der Waals surface area contributed by atoms with Gasteiger partial charge in [0.15, 0.2) is 0 Å². The lowest BCUT2D eigenvalue weighted by atomic mass is 10.0. The highest BCUT2D eigenvalue weighted by Gasteiger charge is 2.14. The van der Waals surface area contributed by atoms with Crippen LogP contribution in [-0.2, 0) is 14.3 Å². The van der Waals surface area contributed by atoms with E-state index in [2.05, 4.69) is 62.5 Å². The van der Waals surface area contributed by atoms with E-state index in [9.17, 15) is 9.59 Å². The van der Waals surface area contributed by atoms with E-state index in [-0.39, 0.29) is 18.5 Å². The minimum atomic E-state index is -0.707. The SMILES string of the molecule is CCCCC/C=C\C/C=C\CCCC(CCCCCCCC(=O)O)OC(=O)CCCCCCCCCCC/C=C\C/C=C\CCCCCCC. The molecular weight excluding hydrogens is 617 g/mol. The van der Waals surface area contributed by atoms with Crippen LogP contribution in [0.25, 0.3) is 0 Å². The average Bonchev–Trinajstić information content (AvgIpc) is 3.10. The number of carboxylic acids is 1. The molecule has 1 atom stereocenters. The molecule has 0 aliphatic carbocycles. The van der Waals surface area contributed by atoms with E-state index in [0.29, 0.717) is 6.42 Å². The first-order valence-corrected chi connectivity index (χ1v) is 21.6. The van der Waals surface area contributed by atoms with Gasteiger partial charge in [-0.1, -0.05) is 165 Å². The molecule has 0 aromatic carbocycles. The van der Waals surface area contributed by atoms with Crippen LogP contribution < -0.4 is 0 Å². The topological polar surface area (TPSA) is 63.6 Å². The van der Waals surface area contributed by atoms with Crippen molar-refractivity contribution in [2.24, 2.45) is 0 Å². The minimum absolute atomic E-state index is 0.00983. The number of rotatable bonds is 39. The second-order valence-corrected chi connectivity index (χ2v) is 14.5. The molecule has 1 unspecified atom stereocenters. The van der Waals surface area contributed by atoms with Crippen LogP contribution in [0.15, 0.2) is 48.6 Å². The van der Waals surface area contributed by atoms with Gasteiger partial charge >= 0.3 is 11.9 Å². The Hall–Kier alpha value is -2.10. The second-order valence-electron chi connectivity index (χ2n) is 14.5. The molecule has 50 heavy (non-hydrogen) atoms. The Labute approximate surface area is 311 Å². The van der Waals surface area contributed by atoms with Gasteiger partial charge in [0.2, 0.25) is 0 Å². The summed E-state index contributed by atoms with van der Waals surface area (Å²) in [5, 5.41) is 8.83. The van der Waals surface area contributed by atoms with Gasteiger partial charge in [-0.3, -0.25) is 9.59 Å². The molecule has 0 saturated carbocycles. The molecule has 0 amide bonds. The van der Waals surface area contributed by atoms with Crippen LogP contribution in [0, 0.1) is 0 Å². The van der Waals surface area contributed by atoms with Crippen molar-refractivity contribution >= 4 is 11.9 Å². The van der Waals surface area contributed by atoms with Gasteiger partial charge in [0, 0.05) is 12.8 Å². The molecule has 0 spiro atoms. The summed E-state index contributed by atoms with van der Waals surface area (Å²) in [6, 6.07) is 0. The predicted molar refractivity (Wildman–Crippen MR) is 218 cm³/mol. The second kappa shape index (κ2) is 41.3. The number of esters is 1. The van der Waals surface area contributed by atoms with E-state index in [0.717, 1.165) is 83.5 Å². The van der Waals surface area contributed by atoms with Crippen molar-refractivity contribution in [3.05, 3.63) is 48.6 Å². The zero-order valence-corrected chi connectivity index (χ0v) is 33.2. The maximum absolute atomic E-state index is 12.7. The number of carbonyl (C=O) groups is 2.